The van der Waals surface area contributed by atoms with E-state index in [1.807, 2.05) is 4.90 Å². The number of nitrogens with zero attached hydrogens (tertiary/aromatic N) is 10. The molecule has 5 rings (SSSR count). The number of hydrogen-bond acceptors (Lipinski definition) is 8. The first kappa shape index (κ1) is 20.8. The van der Waals surface area contributed by atoms with Crippen LogP contribution in [-0.4, -0.2) is 78.0 Å². The summed E-state index contributed by atoms with van der Waals surface area (Å²) in [7, 11) is 0. The Bertz CT molecular complexity index is 1210. The number of aromatic nitrogens is 6. The number of pyridine rings is 1. The zero-order chi connectivity index (χ0) is 22.9. The zero-order valence-electron chi connectivity index (χ0n) is 17.7. The van der Waals surface area contributed by atoms with Crippen LogP contribution in [0, 0.1) is 18.6 Å². The third-order valence-corrected chi connectivity index (χ3v) is 5.51. The number of anilines is 1. The Kier molecular flexibility index (Phi) is 5.36. The summed E-state index contributed by atoms with van der Waals surface area (Å²) in [6, 6.07) is 0.703. The zero-order valence-corrected chi connectivity index (χ0v) is 17.7. The number of rotatable bonds is 3. The largest absolute Gasteiger partial charge is 0.341 e. The van der Waals surface area contributed by atoms with Gasteiger partial charge in [-0.05, 0) is 18.6 Å². The third kappa shape index (κ3) is 4.08. The summed E-state index contributed by atoms with van der Waals surface area (Å²) < 4.78 is 29.1. The van der Waals surface area contributed by atoms with E-state index in [4.69, 9.17) is 0 Å². The third-order valence-electron chi connectivity index (χ3n) is 5.51. The van der Waals surface area contributed by atoms with Crippen molar-refractivity contribution in [3.05, 3.63) is 54.0 Å². The van der Waals surface area contributed by atoms with Crippen LogP contribution in [-0.2, 0) is 0 Å². The Hall–Kier alpha value is -4.03. The molecular formula is C20H20F2N10O. The predicted molar refractivity (Wildman–Crippen MR) is 113 cm³/mol. The van der Waals surface area contributed by atoms with Crippen LogP contribution < -0.4 is 4.90 Å². The number of hydrazone groups is 1. The molecule has 1 fully saturated rings. The van der Waals surface area contributed by atoms with E-state index in [-0.39, 0.29) is 11.8 Å². The molecule has 0 saturated carbocycles. The quantitative estimate of drug-likeness (QED) is 0.593. The first-order valence-corrected chi connectivity index (χ1v) is 10.4. The Morgan fingerprint density at radius 1 is 1.09 bits per heavy atom. The molecule has 13 heteroatoms. The average molecular weight is 454 g/mol. The first-order chi connectivity index (χ1) is 16.0. The maximum absolute atomic E-state index is 14.2. The maximum atomic E-state index is 14.2. The van der Waals surface area contributed by atoms with Gasteiger partial charge in [-0.15, -0.1) is 0 Å². The molecule has 0 aromatic carbocycles. The summed E-state index contributed by atoms with van der Waals surface area (Å²) in [6.07, 6.45) is 7.29. The molecule has 3 aromatic rings. The van der Waals surface area contributed by atoms with Crippen LogP contribution in [0.4, 0.5) is 19.5 Å². The number of halogens is 2. The molecule has 0 aliphatic carbocycles. The fourth-order valence-corrected chi connectivity index (χ4v) is 3.84. The predicted octanol–water partition coefficient (Wildman–Crippen LogP) is 1.71. The second kappa shape index (κ2) is 8.48. The van der Waals surface area contributed by atoms with Gasteiger partial charge in [0.05, 0.1) is 18.4 Å². The number of aryl methyl sites for hydroxylation is 1. The van der Waals surface area contributed by atoms with E-state index >= 15 is 0 Å². The molecule has 5 heterocycles. The number of carbonyl (C=O) groups excluding carboxylic acids is 1. The van der Waals surface area contributed by atoms with E-state index in [1.165, 1.54) is 22.1 Å². The average Bonchev–Trinajstić information content (AvgIpc) is 3.48. The van der Waals surface area contributed by atoms with Gasteiger partial charge in [0.2, 0.25) is 5.95 Å². The van der Waals surface area contributed by atoms with Gasteiger partial charge in [-0.3, -0.25) is 4.98 Å². The molecule has 1 saturated heterocycles. The second-order valence-electron chi connectivity index (χ2n) is 7.67. The van der Waals surface area contributed by atoms with Gasteiger partial charge in [-0.2, -0.15) is 19.9 Å². The lowest BCUT2D eigenvalue weighted by molar-refractivity contribution is 0.139. The molecule has 170 valence electrons. The molecule has 0 radical (unpaired) electrons. The van der Waals surface area contributed by atoms with E-state index in [0.717, 1.165) is 12.4 Å². The molecule has 3 aromatic heterocycles. The lowest BCUT2D eigenvalue weighted by atomic mass is 10.1. The van der Waals surface area contributed by atoms with Crippen molar-refractivity contribution >= 4 is 18.2 Å². The molecule has 0 N–H and O–H groups in total. The SMILES string of the molecule is Cc1ncn(-c2nc(N3CCN(C(=O)N4N=CCC4c4cncc(F)c4)CC3)ncc2F)n1. The lowest BCUT2D eigenvalue weighted by Gasteiger charge is -2.37. The van der Waals surface area contributed by atoms with Crippen LogP contribution >= 0.6 is 0 Å². The fourth-order valence-electron chi connectivity index (χ4n) is 3.84. The summed E-state index contributed by atoms with van der Waals surface area (Å²) >= 11 is 0. The van der Waals surface area contributed by atoms with Gasteiger partial charge in [0.25, 0.3) is 0 Å². The number of amides is 2. The van der Waals surface area contributed by atoms with Crippen LogP contribution in [0.1, 0.15) is 23.9 Å². The highest BCUT2D eigenvalue weighted by atomic mass is 19.1. The van der Waals surface area contributed by atoms with Crippen molar-refractivity contribution in [2.75, 3.05) is 31.1 Å². The second-order valence-corrected chi connectivity index (χ2v) is 7.67. The van der Waals surface area contributed by atoms with Crippen LogP contribution in [0.2, 0.25) is 0 Å². The van der Waals surface area contributed by atoms with Crippen molar-refractivity contribution in [2.24, 2.45) is 5.10 Å². The van der Waals surface area contributed by atoms with Crippen molar-refractivity contribution in [1.82, 2.24) is 39.6 Å². The van der Waals surface area contributed by atoms with Gasteiger partial charge in [0.15, 0.2) is 11.6 Å². The van der Waals surface area contributed by atoms with Gasteiger partial charge in [0, 0.05) is 45.0 Å². The normalized spacial score (nSPS) is 18.3. The standard InChI is InChI=1S/C20H20F2N10O/c1-13-25-12-31(28-13)18-16(22)11-24-19(27-18)29-4-6-30(7-5-29)20(33)32-17(2-3-26-32)14-8-15(21)10-23-9-14/h3,8-12,17H,2,4-7H2,1H3. The number of hydrogen-bond donors (Lipinski definition) is 0. The van der Waals surface area contributed by atoms with Crippen LogP contribution in [0.15, 0.2) is 36.1 Å². The summed E-state index contributed by atoms with van der Waals surface area (Å²) in [5, 5.41) is 9.67. The summed E-state index contributed by atoms with van der Waals surface area (Å²) in [5.74, 6) is -0.215. The van der Waals surface area contributed by atoms with Crippen molar-refractivity contribution in [3.8, 4) is 5.82 Å². The molecular weight excluding hydrogens is 434 g/mol. The molecule has 33 heavy (non-hydrogen) atoms. The minimum absolute atomic E-state index is 0.0112. The van der Waals surface area contributed by atoms with Gasteiger partial charge in [-0.25, -0.2) is 28.6 Å². The molecule has 1 unspecified atom stereocenters. The highest BCUT2D eigenvalue weighted by molar-refractivity contribution is 5.78. The minimum Gasteiger partial charge on any atom is -0.337 e. The number of urea groups is 1. The Balaban J connectivity index is 1.26. The Labute approximate surface area is 187 Å². The van der Waals surface area contributed by atoms with Crippen LogP contribution in [0.5, 0.6) is 0 Å². The molecule has 11 nitrogen and oxygen atoms in total. The molecule has 0 bridgehead atoms. The Morgan fingerprint density at radius 3 is 2.64 bits per heavy atom. The van der Waals surface area contributed by atoms with Gasteiger partial charge in [-0.1, -0.05) is 0 Å². The Morgan fingerprint density at radius 2 is 1.91 bits per heavy atom. The van der Waals surface area contributed by atoms with Crippen molar-refractivity contribution in [2.45, 2.75) is 19.4 Å². The van der Waals surface area contributed by atoms with Gasteiger partial charge < -0.3 is 9.80 Å². The minimum atomic E-state index is -0.609. The monoisotopic (exact) mass is 454 g/mol. The van der Waals surface area contributed by atoms with Crippen molar-refractivity contribution in [1.29, 1.82) is 0 Å². The fraction of sp³-hybridized carbons (Fsp3) is 0.350. The van der Waals surface area contributed by atoms with E-state index in [2.05, 4.69) is 30.1 Å². The molecule has 1 atom stereocenters. The topological polar surface area (TPSA) is 109 Å². The van der Waals surface area contributed by atoms with Gasteiger partial charge >= 0.3 is 6.03 Å². The van der Waals surface area contributed by atoms with Crippen molar-refractivity contribution < 1.29 is 13.6 Å². The molecule has 2 aliphatic heterocycles. The highest BCUT2D eigenvalue weighted by Crippen LogP contribution is 2.29. The molecule has 2 aliphatic rings. The number of piperazine rings is 1. The van der Waals surface area contributed by atoms with E-state index in [0.29, 0.717) is 49.9 Å². The van der Waals surface area contributed by atoms with Crippen LogP contribution in [0.3, 0.4) is 0 Å². The summed E-state index contributed by atoms with van der Waals surface area (Å²) in [4.78, 5) is 32.9. The molecule has 2 amide bonds. The van der Waals surface area contributed by atoms with Gasteiger partial charge in [0.1, 0.15) is 18.0 Å². The maximum Gasteiger partial charge on any atom is 0.341 e. The highest BCUT2D eigenvalue weighted by Gasteiger charge is 2.33. The van der Waals surface area contributed by atoms with Crippen molar-refractivity contribution in [3.63, 3.8) is 0 Å². The first-order valence-electron chi connectivity index (χ1n) is 10.4. The lowest BCUT2D eigenvalue weighted by Crippen LogP contribution is -2.52. The van der Waals surface area contributed by atoms with E-state index < -0.39 is 17.7 Å². The molecule has 0 spiro atoms. The van der Waals surface area contributed by atoms with Crippen LogP contribution in [0.25, 0.3) is 5.82 Å². The summed E-state index contributed by atoms with van der Waals surface area (Å²) in [6.45, 7) is 3.41. The van der Waals surface area contributed by atoms with E-state index in [9.17, 15) is 13.6 Å². The van der Waals surface area contributed by atoms with E-state index in [1.54, 1.807) is 24.2 Å². The number of carbonyl (C=O) groups is 1. The smallest absolute Gasteiger partial charge is 0.337 e. The summed E-state index contributed by atoms with van der Waals surface area (Å²) in [5.41, 5.74) is 0.593.